The van der Waals surface area contributed by atoms with Gasteiger partial charge < -0.3 is 10.1 Å². The number of alkyl halides is 3. The van der Waals surface area contributed by atoms with Crippen LogP contribution in [-0.4, -0.2) is 48.1 Å². The number of amides is 1. The molecule has 1 N–H and O–H groups in total. The molecule has 0 atom stereocenters. The molecule has 5 rings (SSSR count). The van der Waals surface area contributed by atoms with Crippen LogP contribution in [0.4, 0.5) is 23.4 Å². The zero-order valence-corrected chi connectivity index (χ0v) is 19.1. The second-order valence-electron chi connectivity index (χ2n) is 7.96. The Morgan fingerprint density at radius 3 is 2.51 bits per heavy atom. The van der Waals surface area contributed by atoms with Gasteiger partial charge in [-0.3, -0.25) is 9.48 Å². The Kier molecular flexibility index (Phi) is 6.03. The third-order valence-electron chi connectivity index (χ3n) is 5.17. The SMILES string of the molecule is Cn1cc(-c2ccc3nc(NC(=O)c4ccc(OCC(F)(F)F)nc4)cn3n2)c(-c2ccc(F)cc2)n1. The normalized spacial score (nSPS) is 11.6. The molecule has 0 aliphatic rings. The van der Waals surface area contributed by atoms with E-state index in [0.29, 0.717) is 22.6 Å². The smallest absolute Gasteiger partial charge is 0.422 e. The quantitative estimate of drug-likeness (QED) is 0.337. The van der Waals surface area contributed by atoms with Crippen molar-refractivity contribution < 1.29 is 27.1 Å². The van der Waals surface area contributed by atoms with Gasteiger partial charge in [-0.15, -0.1) is 0 Å². The first kappa shape index (κ1) is 23.9. The lowest BCUT2D eigenvalue weighted by Gasteiger charge is -2.08. The van der Waals surface area contributed by atoms with Crippen molar-refractivity contribution in [3.05, 3.63) is 78.5 Å². The first-order valence-corrected chi connectivity index (χ1v) is 10.8. The minimum Gasteiger partial charge on any atom is -0.468 e. The van der Waals surface area contributed by atoms with E-state index in [9.17, 15) is 22.4 Å². The summed E-state index contributed by atoms with van der Waals surface area (Å²) >= 11 is 0. The van der Waals surface area contributed by atoms with Crippen LogP contribution in [0.3, 0.4) is 0 Å². The number of rotatable bonds is 6. The minimum absolute atomic E-state index is 0.101. The van der Waals surface area contributed by atoms with E-state index < -0.39 is 18.7 Å². The van der Waals surface area contributed by atoms with Gasteiger partial charge in [0.25, 0.3) is 5.91 Å². The van der Waals surface area contributed by atoms with Crippen molar-refractivity contribution in [1.29, 1.82) is 0 Å². The molecule has 1 amide bonds. The summed E-state index contributed by atoms with van der Waals surface area (Å²) in [6.07, 6.45) is -0.0820. The van der Waals surface area contributed by atoms with Gasteiger partial charge in [-0.05, 0) is 42.5 Å². The van der Waals surface area contributed by atoms with Crippen molar-refractivity contribution in [1.82, 2.24) is 29.4 Å². The second-order valence-corrected chi connectivity index (χ2v) is 7.96. The largest absolute Gasteiger partial charge is 0.468 e. The molecular weight excluding hydrogens is 494 g/mol. The Bertz CT molecular complexity index is 1580. The fraction of sp³-hybridized carbons (Fsp3) is 0.125. The van der Waals surface area contributed by atoms with E-state index in [0.717, 1.165) is 11.8 Å². The lowest BCUT2D eigenvalue weighted by molar-refractivity contribution is -0.154. The highest BCUT2D eigenvalue weighted by Crippen LogP contribution is 2.30. The predicted octanol–water partition coefficient (Wildman–Crippen LogP) is 4.52. The number of nitrogens with one attached hydrogen (secondary N) is 1. The fourth-order valence-corrected chi connectivity index (χ4v) is 3.53. The topological polar surface area (TPSA) is 99.2 Å². The van der Waals surface area contributed by atoms with Crippen LogP contribution in [0.25, 0.3) is 28.2 Å². The molecule has 37 heavy (non-hydrogen) atoms. The first-order valence-electron chi connectivity index (χ1n) is 10.8. The van der Waals surface area contributed by atoms with Crippen LogP contribution in [0.2, 0.25) is 0 Å². The fourth-order valence-electron chi connectivity index (χ4n) is 3.53. The summed E-state index contributed by atoms with van der Waals surface area (Å²) in [5, 5.41) is 11.7. The molecule has 0 spiro atoms. The number of nitrogens with zero attached hydrogens (tertiary/aromatic N) is 6. The molecule has 188 valence electrons. The van der Waals surface area contributed by atoms with Crippen LogP contribution in [0.15, 0.2) is 67.1 Å². The van der Waals surface area contributed by atoms with Gasteiger partial charge in [0.2, 0.25) is 5.88 Å². The van der Waals surface area contributed by atoms with Gasteiger partial charge in [-0.2, -0.15) is 23.4 Å². The molecule has 4 heterocycles. The van der Waals surface area contributed by atoms with Gasteiger partial charge in [-0.25, -0.2) is 18.9 Å². The highest BCUT2D eigenvalue weighted by molar-refractivity contribution is 6.03. The van der Waals surface area contributed by atoms with Crippen molar-refractivity contribution >= 4 is 17.4 Å². The zero-order chi connectivity index (χ0) is 26.2. The number of imidazole rings is 1. The highest BCUT2D eigenvalue weighted by Gasteiger charge is 2.28. The van der Waals surface area contributed by atoms with E-state index in [1.165, 1.54) is 35.0 Å². The number of aromatic nitrogens is 6. The molecule has 13 heteroatoms. The van der Waals surface area contributed by atoms with Crippen LogP contribution >= 0.6 is 0 Å². The molecule has 1 aromatic carbocycles. The molecule has 0 saturated carbocycles. The molecule has 9 nitrogen and oxygen atoms in total. The molecule has 0 saturated heterocycles. The zero-order valence-electron chi connectivity index (χ0n) is 19.1. The molecule has 0 bridgehead atoms. The molecular formula is C24H17F4N7O2. The second kappa shape index (κ2) is 9.33. The molecule has 0 unspecified atom stereocenters. The lowest BCUT2D eigenvalue weighted by atomic mass is 10.1. The number of anilines is 1. The molecule has 0 fully saturated rings. The van der Waals surface area contributed by atoms with E-state index in [4.69, 9.17) is 0 Å². The van der Waals surface area contributed by atoms with E-state index in [2.05, 4.69) is 30.2 Å². The van der Waals surface area contributed by atoms with Gasteiger partial charge in [-0.1, -0.05) is 0 Å². The Morgan fingerprint density at radius 2 is 1.81 bits per heavy atom. The minimum atomic E-state index is -4.49. The van der Waals surface area contributed by atoms with E-state index in [-0.39, 0.29) is 23.1 Å². The van der Waals surface area contributed by atoms with Crippen LogP contribution < -0.4 is 10.1 Å². The summed E-state index contributed by atoms with van der Waals surface area (Å²) in [6, 6.07) is 11.9. The number of hydrogen-bond acceptors (Lipinski definition) is 6. The maximum absolute atomic E-state index is 13.4. The number of carbonyl (C=O) groups excluding carboxylic acids is 1. The van der Waals surface area contributed by atoms with Crippen molar-refractivity contribution in [2.75, 3.05) is 11.9 Å². The predicted molar refractivity (Wildman–Crippen MR) is 124 cm³/mol. The molecule has 4 aromatic heterocycles. The number of carbonyl (C=O) groups is 1. The van der Waals surface area contributed by atoms with Crippen molar-refractivity contribution in [2.45, 2.75) is 6.18 Å². The highest BCUT2D eigenvalue weighted by atomic mass is 19.4. The van der Waals surface area contributed by atoms with Crippen LogP contribution in [0.5, 0.6) is 5.88 Å². The number of benzene rings is 1. The summed E-state index contributed by atoms with van der Waals surface area (Å²) in [7, 11) is 1.77. The summed E-state index contributed by atoms with van der Waals surface area (Å²) in [5.41, 5.74) is 3.20. The Labute approximate surface area is 206 Å². The monoisotopic (exact) mass is 511 g/mol. The van der Waals surface area contributed by atoms with Gasteiger partial charge in [0.05, 0.1) is 17.5 Å². The Balaban J connectivity index is 1.35. The average Bonchev–Trinajstić information content (AvgIpc) is 3.45. The van der Waals surface area contributed by atoms with E-state index >= 15 is 0 Å². The number of hydrogen-bond donors (Lipinski definition) is 1. The van der Waals surface area contributed by atoms with Gasteiger partial charge >= 0.3 is 6.18 Å². The lowest BCUT2D eigenvalue weighted by Crippen LogP contribution is -2.19. The number of pyridine rings is 1. The first-order chi connectivity index (χ1) is 17.6. The Hall–Kier alpha value is -4.81. The van der Waals surface area contributed by atoms with Crippen molar-refractivity contribution in [3.63, 3.8) is 0 Å². The molecule has 5 aromatic rings. The third kappa shape index (κ3) is 5.39. The van der Waals surface area contributed by atoms with E-state index in [1.54, 1.807) is 42.2 Å². The van der Waals surface area contributed by atoms with Crippen molar-refractivity contribution in [3.8, 4) is 28.4 Å². The summed E-state index contributed by atoms with van der Waals surface area (Å²) < 4.78 is 57.8. The maximum atomic E-state index is 13.4. The van der Waals surface area contributed by atoms with Gasteiger partial charge in [0.15, 0.2) is 18.1 Å². The Morgan fingerprint density at radius 1 is 1.03 bits per heavy atom. The van der Waals surface area contributed by atoms with Gasteiger partial charge in [0, 0.05) is 36.6 Å². The van der Waals surface area contributed by atoms with Gasteiger partial charge in [0.1, 0.15) is 11.5 Å². The average molecular weight is 511 g/mol. The summed E-state index contributed by atoms with van der Waals surface area (Å²) in [6.45, 7) is -1.48. The van der Waals surface area contributed by atoms with Crippen LogP contribution in [0.1, 0.15) is 10.4 Å². The maximum Gasteiger partial charge on any atom is 0.422 e. The van der Waals surface area contributed by atoms with Crippen molar-refractivity contribution in [2.24, 2.45) is 7.05 Å². The number of halogens is 4. The van der Waals surface area contributed by atoms with Crippen LogP contribution in [-0.2, 0) is 7.05 Å². The standard InChI is InChI=1S/C24H17F4N7O2/c1-34-11-17(22(33-34)14-2-5-16(25)6-3-14)18-7-8-20-30-19(12-35(20)32-18)31-23(36)15-4-9-21(29-10-15)37-13-24(26,27)28/h2-12H,13H2,1H3,(H,31,36). The third-order valence-corrected chi connectivity index (χ3v) is 5.17. The summed E-state index contributed by atoms with van der Waals surface area (Å²) in [5.74, 6) is -0.967. The molecule has 0 radical (unpaired) electrons. The van der Waals surface area contributed by atoms with Crippen LogP contribution in [0, 0.1) is 5.82 Å². The number of aryl methyl sites for hydroxylation is 1. The molecule has 0 aliphatic carbocycles. The van der Waals surface area contributed by atoms with E-state index in [1.807, 2.05) is 0 Å². The summed E-state index contributed by atoms with van der Waals surface area (Å²) in [4.78, 5) is 20.6. The molecule has 0 aliphatic heterocycles. The number of ether oxygens (including phenoxy) is 1. The number of fused-ring (bicyclic) bond motifs is 1.